The molecule has 3 nitrogen and oxygen atoms in total. The number of aliphatic hydroxyl groups is 1. The number of benzene rings is 1. The Labute approximate surface area is 110 Å². The summed E-state index contributed by atoms with van der Waals surface area (Å²) in [5.74, 6) is 0.974. The Morgan fingerprint density at radius 3 is 2.22 bits per heavy atom. The van der Waals surface area contributed by atoms with Gasteiger partial charge < -0.3 is 15.2 Å². The van der Waals surface area contributed by atoms with E-state index in [1.165, 1.54) is 16.7 Å². The number of ether oxygens (including phenoxy) is 1. The molecule has 0 heterocycles. The summed E-state index contributed by atoms with van der Waals surface area (Å²) in [5, 5.41) is 12.5. The molecule has 0 aliphatic rings. The zero-order valence-corrected chi connectivity index (χ0v) is 12.1. The van der Waals surface area contributed by atoms with Crippen molar-refractivity contribution in [1.82, 2.24) is 5.32 Å². The van der Waals surface area contributed by atoms with Crippen molar-refractivity contribution in [2.24, 2.45) is 0 Å². The largest absolute Gasteiger partial charge is 0.496 e. The van der Waals surface area contributed by atoms with Gasteiger partial charge in [-0.2, -0.15) is 0 Å². The highest BCUT2D eigenvalue weighted by Gasteiger charge is 2.14. The van der Waals surface area contributed by atoms with Crippen LogP contribution in [-0.4, -0.2) is 30.9 Å². The Balaban J connectivity index is 2.64. The van der Waals surface area contributed by atoms with E-state index in [4.69, 9.17) is 9.84 Å². The summed E-state index contributed by atoms with van der Waals surface area (Å²) in [7, 11) is 1.71. The molecule has 0 fully saturated rings. The van der Waals surface area contributed by atoms with Crippen molar-refractivity contribution < 1.29 is 9.84 Å². The van der Waals surface area contributed by atoms with Gasteiger partial charge in [-0.1, -0.05) is 12.1 Å². The number of rotatable bonds is 6. The third-order valence-corrected chi connectivity index (χ3v) is 3.14. The number of hydrogen-bond acceptors (Lipinski definition) is 3. The maximum absolute atomic E-state index is 9.17. The van der Waals surface area contributed by atoms with Crippen LogP contribution in [0.3, 0.4) is 0 Å². The smallest absolute Gasteiger partial charge is 0.124 e. The second kappa shape index (κ2) is 6.21. The van der Waals surface area contributed by atoms with Crippen molar-refractivity contribution in [3.8, 4) is 5.75 Å². The molecule has 0 amide bonds. The van der Waals surface area contributed by atoms with Gasteiger partial charge >= 0.3 is 0 Å². The van der Waals surface area contributed by atoms with Crippen molar-refractivity contribution in [2.75, 3.05) is 20.3 Å². The van der Waals surface area contributed by atoms with E-state index in [0.29, 0.717) is 0 Å². The van der Waals surface area contributed by atoms with Gasteiger partial charge in [0.25, 0.3) is 0 Å². The standard InChI is InChI=1S/C15H25NO2/c1-11-8-13(9-12(2)14(11)18-5)6-7-16-15(3,4)10-17/h8-9,16-17H,6-7,10H2,1-5H3. The van der Waals surface area contributed by atoms with Gasteiger partial charge in [0.1, 0.15) is 5.75 Å². The topological polar surface area (TPSA) is 41.5 Å². The minimum absolute atomic E-state index is 0.146. The quantitative estimate of drug-likeness (QED) is 0.814. The number of aliphatic hydroxyl groups excluding tert-OH is 1. The first-order valence-corrected chi connectivity index (χ1v) is 6.39. The van der Waals surface area contributed by atoms with Crippen molar-refractivity contribution in [1.29, 1.82) is 0 Å². The fraction of sp³-hybridized carbons (Fsp3) is 0.600. The van der Waals surface area contributed by atoms with E-state index in [2.05, 4.69) is 31.3 Å². The second-order valence-corrected chi connectivity index (χ2v) is 5.48. The van der Waals surface area contributed by atoms with Crippen LogP contribution in [0.2, 0.25) is 0 Å². The Hall–Kier alpha value is -1.06. The summed E-state index contributed by atoms with van der Waals surface area (Å²) in [5.41, 5.74) is 3.44. The highest BCUT2D eigenvalue weighted by atomic mass is 16.5. The number of hydrogen-bond donors (Lipinski definition) is 2. The average molecular weight is 251 g/mol. The lowest BCUT2D eigenvalue weighted by molar-refractivity contribution is 0.189. The van der Waals surface area contributed by atoms with Gasteiger partial charge in [-0.15, -0.1) is 0 Å². The molecule has 1 aromatic rings. The first kappa shape index (κ1) is 15.0. The molecule has 0 bridgehead atoms. The maximum atomic E-state index is 9.17. The lowest BCUT2D eigenvalue weighted by Crippen LogP contribution is -2.43. The second-order valence-electron chi connectivity index (χ2n) is 5.48. The van der Waals surface area contributed by atoms with Gasteiger partial charge in [0.2, 0.25) is 0 Å². The minimum atomic E-state index is -0.212. The van der Waals surface area contributed by atoms with E-state index < -0.39 is 0 Å². The Kier molecular flexibility index (Phi) is 5.17. The van der Waals surface area contributed by atoms with E-state index in [1.807, 2.05) is 13.8 Å². The van der Waals surface area contributed by atoms with Crippen LogP contribution in [0, 0.1) is 13.8 Å². The summed E-state index contributed by atoms with van der Waals surface area (Å²) < 4.78 is 5.36. The molecule has 18 heavy (non-hydrogen) atoms. The van der Waals surface area contributed by atoms with Crippen molar-refractivity contribution in [3.63, 3.8) is 0 Å². The summed E-state index contributed by atoms with van der Waals surface area (Å²) in [6.45, 7) is 9.14. The zero-order valence-electron chi connectivity index (χ0n) is 12.1. The number of methoxy groups -OCH3 is 1. The molecule has 1 aromatic carbocycles. The lowest BCUT2D eigenvalue weighted by Gasteiger charge is -2.23. The lowest BCUT2D eigenvalue weighted by atomic mass is 10.0. The highest BCUT2D eigenvalue weighted by molar-refractivity contribution is 5.43. The van der Waals surface area contributed by atoms with E-state index in [-0.39, 0.29) is 12.1 Å². The van der Waals surface area contributed by atoms with Crippen LogP contribution in [0.15, 0.2) is 12.1 Å². The Morgan fingerprint density at radius 1 is 1.22 bits per heavy atom. The molecule has 3 heteroatoms. The van der Waals surface area contributed by atoms with Crippen LogP contribution < -0.4 is 10.1 Å². The van der Waals surface area contributed by atoms with Crippen molar-refractivity contribution in [3.05, 3.63) is 28.8 Å². The fourth-order valence-electron chi connectivity index (χ4n) is 2.11. The van der Waals surface area contributed by atoms with Crippen LogP contribution in [0.1, 0.15) is 30.5 Å². The minimum Gasteiger partial charge on any atom is -0.496 e. The Bertz CT molecular complexity index is 376. The molecule has 0 atom stereocenters. The molecule has 0 radical (unpaired) electrons. The molecular weight excluding hydrogens is 226 g/mol. The molecule has 0 saturated carbocycles. The van der Waals surface area contributed by atoms with Gasteiger partial charge in [0.05, 0.1) is 13.7 Å². The summed E-state index contributed by atoms with van der Waals surface area (Å²) >= 11 is 0. The highest BCUT2D eigenvalue weighted by Crippen LogP contribution is 2.24. The third-order valence-electron chi connectivity index (χ3n) is 3.14. The van der Waals surface area contributed by atoms with Crippen LogP contribution in [-0.2, 0) is 6.42 Å². The van der Waals surface area contributed by atoms with Crippen LogP contribution >= 0.6 is 0 Å². The summed E-state index contributed by atoms with van der Waals surface area (Å²) in [6, 6.07) is 4.33. The molecule has 0 aromatic heterocycles. The molecule has 1 rings (SSSR count). The zero-order chi connectivity index (χ0) is 13.8. The molecule has 102 valence electrons. The van der Waals surface area contributed by atoms with Crippen LogP contribution in [0.5, 0.6) is 5.75 Å². The van der Waals surface area contributed by atoms with Crippen molar-refractivity contribution >= 4 is 0 Å². The van der Waals surface area contributed by atoms with Gasteiger partial charge in [0.15, 0.2) is 0 Å². The maximum Gasteiger partial charge on any atom is 0.124 e. The normalized spacial score (nSPS) is 11.7. The number of nitrogens with one attached hydrogen (secondary N) is 1. The first-order valence-electron chi connectivity index (χ1n) is 6.39. The predicted molar refractivity (Wildman–Crippen MR) is 75.3 cm³/mol. The predicted octanol–water partition coefficient (Wildman–Crippen LogP) is 2.22. The van der Waals surface area contributed by atoms with Gasteiger partial charge in [-0.3, -0.25) is 0 Å². The van der Waals surface area contributed by atoms with Crippen LogP contribution in [0.25, 0.3) is 0 Å². The molecule has 2 N–H and O–H groups in total. The van der Waals surface area contributed by atoms with Gasteiger partial charge in [0, 0.05) is 5.54 Å². The monoisotopic (exact) mass is 251 g/mol. The Morgan fingerprint density at radius 2 is 1.78 bits per heavy atom. The third kappa shape index (κ3) is 4.00. The van der Waals surface area contributed by atoms with E-state index >= 15 is 0 Å². The van der Waals surface area contributed by atoms with Gasteiger partial charge in [-0.05, 0) is 57.4 Å². The molecular formula is C15H25NO2. The molecule has 0 aliphatic heterocycles. The number of aryl methyl sites for hydroxylation is 2. The van der Waals surface area contributed by atoms with Crippen LogP contribution in [0.4, 0.5) is 0 Å². The molecule has 0 unspecified atom stereocenters. The first-order chi connectivity index (χ1) is 8.39. The fourth-order valence-corrected chi connectivity index (χ4v) is 2.11. The summed E-state index contributed by atoms with van der Waals surface area (Å²) in [6.07, 6.45) is 0.953. The van der Waals surface area contributed by atoms with Gasteiger partial charge in [-0.25, -0.2) is 0 Å². The molecule has 0 spiro atoms. The SMILES string of the molecule is COc1c(C)cc(CCNC(C)(C)CO)cc1C. The van der Waals surface area contributed by atoms with E-state index in [1.54, 1.807) is 7.11 Å². The summed E-state index contributed by atoms with van der Waals surface area (Å²) in [4.78, 5) is 0. The van der Waals surface area contributed by atoms with E-state index in [9.17, 15) is 0 Å². The van der Waals surface area contributed by atoms with E-state index in [0.717, 1.165) is 18.7 Å². The molecule has 0 aliphatic carbocycles. The van der Waals surface area contributed by atoms with Crippen molar-refractivity contribution in [2.45, 2.75) is 39.7 Å². The average Bonchev–Trinajstić information content (AvgIpc) is 2.28. The molecule has 0 saturated heterocycles.